The summed E-state index contributed by atoms with van der Waals surface area (Å²) >= 11 is 7.70. The van der Waals surface area contributed by atoms with Gasteiger partial charge < -0.3 is 24.3 Å². The Morgan fingerprint density at radius 1 is 1.07 bits per heavy atom. The molecule has 0 saturated heterocycles. The van der Waals surface area contributed by atoms with Crippen molar-refractivity contribution in [2.24, 2.45) is 4.99 Å². The molecule has 5 rings (SSSR count). The van der Waals surface area contributed by atoms with Crippen LogP contribution >= 0.6 is 22.9 Å². The van der Waals surface area contributed by atoms with Crippen LogP contribution in [0.1, 0.15) is 31.0 Å². The summed E-state index contributed by atoms with van der Waals surface area (Å²) in [5, 5.41) is 3.12. The van der Waals surface area contributed by atoms with Crippen LogP contribution in [0, 0.1) is 0 Å². The molecule has 1 aliphatic heterocycles. The molecule has 232 valence electrons. The lowest BCUT2D eigenvalue weighted by Gasteiger charge is -2.25. The first-order chi connectivity index (χ1) is 21.7. The molecule has 0 unspecified atom stereocenters. The molecule has 1 N–H and O–H groups in total. The van der Waals surface area contributed by atoms with Gasteiger partial charge in [0.05, 0.1) is 47.7 Å². The Morgan fingerprint density at radius 2 is 1.84 bits per heavy atom. The number of nitrogens with zero attached hydrogens (tertiary/aromatic N) is 2. The van der Waals surface area contributed by atoms with Gasteiger partial charge in [-0.05, 0) is 67.4 Å². The highest BCUT2D eigenvalue weighted by molar-refractivity contribution is 7.07. The SMILES string of the molecule is CCOC(=O)COc1c(Cl)cc(/C=c2\sc3n(c2=O)[C@@H](c2cccc(OC)c2)C(C(=O)Nc2ccccc2)=C(C)N=3)cc1OC. The number of methoxy groups -OCH3 is 2. The van der Waals surface area contributed by atoms with Crippen molar-refractivity contribution in [1.29, 1.82) is 0 Å². The van der Waals surface area contributed by atoms with Crippen LogP contribution in [0.2, 0.25) is 5.02 Å². The van der Waals surface area contributed by atoms with Crippen molar-refractivity contribution in [2.75, 3.05) is 32.8 Å². The summed E-state index contributed by atoms with van der Waals surface area (Å²) in [5.41, 5.74) is 2.33. The topological polar surface area (TPSA) is 117 Å². The zero-order chi connectivity index (χ0) is 32.1. The lowest BCUT2D eigenvalue weighted by Crippen LogP contribution is -2.40. The predicted octanol–water partition coefficient (Wildman–Crippen LogP) is 4.49. The highest BCUT2D eigenvalue weighted by Gasteiger charge is 2.33. The van der Waals surface area contributed by atoms with E-state index in [9.17, 15) is 14.4 Å². The highest BCUT2D eigenvalue weighted by atomic mass is 35.5. The lowest BCUT2D eigenvalue weighted by molar-refractivity contribution is -0.145. The molecular weight excluding hydrogens is 618 g/mol. The number of hydrogen-bond acceptors (Lipinski definition) is 9. The number of carbonyl (C=O) groups excluding carboxylic acids is 2. The Balaban J connectivity index is 1.60. The van der Waals surface area contributed by atoms with Gasteiger partial charge in [0.1, 0.15) is 5.75 Å². The number of anilines is 1. The molecule has 0 aliphatic carbocycles. The lowest BCUT2D eigenvalue weighted by atomic mass is 9.95. The number of ether oxygens (including phenoxy) is 4. The molecular formula is C33H30ClN3O7S. The maximum atomic E-state index is 14.1. The normalized spacial score (nSPS) is 14.3. The van der Waals surface area contributed by atoms with Crippen LogP contribution in [0.5, 0.6) is 17.2 Å². The molecule has 0 bridgehead atoms. The summed E-state index contributed by atoms with van der Waals surface area (Å²) < 4.78 is 23.3. The van der Waals surface area contributed by atoms with Crippen molar-refractivity contribution in [2.45, 2.75) is 19.9 Å². The summed E-state index contributed by atoms with van der Waals surface area (Å²) in [4.78, 5) is 44.8. The molecule has 1 aliphatic rings. The summed E-state index contributed by atoms with van der Waals surface area (Å²) in [6.45, 7) is 3.33. The molecule has 45 heavy (non-hydrogen) atoms. The molecule has 0 radical (unpaired) electrons. The molecule has 12 heteroatoms. The van der Waals surface area contributed by atoms with E-state index >= 15 is 0 Å². The first kappa shape index (κ1) is 31.6. The van der Waals surface area contributed by atoms with E-state index in [2.05, 4.69) is 10.3 Å². The maximum Gasteiger partial charge on any atom is 0.344 e. The van der Waals surface area contributed by atoms with E-state index in [0.29, 0.717) is 43.2 Å². The molecule has 2 heterocycles. The average Bonchev–Trinajstić information content (AvgIpc) is 3.33. The van der Waals surface area contributed by atoms with Crippen LogP contribution in [-0.4, -0.2) is 43.9 Å². The number of para-hydroxylation sites is 1. The van der Waals surface area contributed by atoms with E-state index in [1.54, 1.807) is 63.4 Å². The second kappa shape index (κ2) is 13.8. The fourth-order valence-corrected chi connectivity index (χ4v) is 6.23. The molecule has 1 atom stereocenters. The minimum atomic E-state index is -0.779. The van der Waals surface area contributed by atoms with Crippen LogP contribution in [0.4, 0.5) is 5.69 Å². The molecule has 1 amide bonds. The summed E-state index contributed by atoms with van der Waals surface area (Å²) in [7, 11) is 3.00. The second-order valence-corrected chi connectivity index (χ2v) is 11.2. The van der Waals surface area contributed by atoms with Gasteiger partial charge >= 0.3 is 5.97 Å². The zero-order valence-corrected chi connectivity index (χ0v) is 26.5. The van der Waals surface area contributed by atoms with E-state index in [1.807, 2.05) is 30.3 Å². The van der Waals surface area contributed by atoms with Gasteiger partial charge in [0, 0.05) is 5.69 Å². The number of amides is 1. The minimum Gasteiger partial charge on any atom is -0.497 e. The molecule has 1 aromatic heterocycles. The average molecular weight is 648 g/mol. The fraction of sp³-hybridized carbons (Fsp3) is 0.212. The highest BCUT2D eigenvalue weighted by Crippen LogP contribution is 2.37. The Hall–Kier alpha value is -4.87. The summed E-state index contributed by atoms with van der Waals surface area (Å²) in [5.74, 6) is 0.112. The number of benzene rings is 3. The van der Waals surface area contributed by atoms with Crippen molar-refractivity contribution in [3.05, 3.63) is 114 Å². The predicted molar refractivity (Wildman–Crippen MR) is 172 cm³/mol. The Morgan fingerprint density at radius 3 is 2.56 bits per heavy atom. The van der Waals surface area contributed by atoms with E-state index in [1.165, 1.54) is 23.0 Å². The molecule has 0 saturated carbocycles. The fourth-order valence-electron chi connectivity index (χ4n) is 4.91. The monoisotopic (exact) mass is 647 g/mol. The van der Waals surface area contributed by atoms with Crippen LogP contribution < -0.4 is 34.4 Å². The first-order valence-corrected chi connectivity index (χ1v) is 15.1. The number of rotatable bonds is 10. The number of hydrogen-bond donors (Lipinski definition) is 1. The smallest absolute Gasteiger partial charge is 0.344 e. The third kappa shape index (κ3) is 6.79. The van der Waals surface area contributed by atoms with E-state index < -0.39 is 12.0 Å². The van der Waals surface area contributed by atoms with Crippen LogP contribution in [0.15, 0.2) is 87.8 Å². The van der Waals surface area contributed by atoms with Crippen molar-refractivity contribution in [3.8, 4) is 17.2 Å². The van der Waals surface area contributed by atoms with Crippen LogP contribution in [0.25, 0.3) is 6.08 Å². The number of fused-ring (bicyclic) bond motifs is 1. The van der Waals surface area contributed by atoms with Gasteiger partial charge in [-0.2, -0.15) is 0 Å². The van der Waals surface area contributed by atoms with Crippen LogP contribution in [-0.2, 0) is 14.3 Å². The van der Waals surface area contributed by atoms with Gasteiger partial charge in [0.2, 0.25) is 0 Å². The number of aromatic nitrogens is 1. The molecule has 0 spiro atoms. The first-order valence-electron chi connectivity index (χ1n) is 13.9. The van der Waals surface area contributed by atoms with Crippen molar-refractivity contribution < 1.29 is 28.5 Å². The number of allylic oxidation sites excluding steroid dienone is 1. The van der Waals surface area contributed by atoms with Gasteiger partial charge in [-0.1, -0.05) is 53.3 Å². The summed E-state index contributed by atoms with van der Waals surface area (Å²) in [6, 6.07) is 18.8. The van der Waals surface area contributed by atoms with Gasteiger partial charge in [0.15, 0.2) is 22.9 Å². The summed E-state index contributed by atoms with van der Waals surface area (Å²) in [6.07, 6.45) is 1.67. The van der Waals surface area contributed by atoms with Gasteiger partial charge in [-0.15, -0.1) is 0 Å². The molecule has 0 fully saturated rings. The Kier molecular flexibility index (Phi) is 9.70. The Labute approximate surface area is 267 Å². The molecule has 10 nitrogen and oxygen atoms in total. The number of thiazole rings is 1. The number of carbonyl (C=O) groups is 2. The van der Waals surface area contributed by atoms with E-state index in [-0.39, 0.29) is 41.2 Å². The number of halogens is 1. The number of nitrogens with one attached hydrogen (secondary N) is 1. The minimum absolute atomic E-state index is 0.175. The number of esters is 1. The Bertz CT molecular complexity index is 1970. The zero-order valence-electron chi connectivity index (χ0n) is 25.0. The van der Waals surface area contributed by atoms with Crippen molar-refractivity contribution in [3.63, 3.8) is 0 Å². The van der Waals surface area contributed by atoms with Crippen molar-refractivity contribution in [1.82, 2.24) is 4.57 Å². The van der Waals surface area contributed by atoms with Crippen molar-refractivity contribution >= 4 is 46.6 Å². The quantitative estimate of drug-likeness (QED) is 0.252. The molecule has 3 aromatic carbocycles. The second-order valence-electron chi connectivity index (χ2n) is 9.81. The van der Waals surface area contributed by atoms with Crippen LogP contribution in [0.3, 0.4) is 0 Å². The largest absolute Gasteiger partial charge is 0.497 e. The van der Waals surface area contributed by atoms with E-state index in [4.69, 9.17) is 30.5 Å². The maximum absolute atomic E-state index is 14.1. The standard InChI is InChI=1S/C33H30ClN3O7S/c1-5-43-27(38)18-44-30-24(34)14-20(15-25(30)42-4)16-26-32(40)37-29(21-10-9-13-23(17-21)41-3)28(19(2)35-33(37)45-26)31(39)36-22-11-7-6-8-12-22/h6-17,29H,5,18H2,1-4H3,(H,36,39)/b26-16-/t29-/m0/s1. The third-order valence-corrected chi connectivity index (χ3v) is 8.16. The molecule has 4 aromatic rings. The van der Waals surface area contributed by atoms with E-state index in [0.717, 1.165) is 0 Å². The van der Waals surface area contributed by atoms with Gasteiger partial charge in [0.25, 0.3) is 11.5 Å². The van der Waals surface area contributed by atoms with Gasteiger partial charge in [-0.3, -0.25) is 14.2 Å². The van der Waals surface area contributed by atoms with Gasteiger partial charge in [-0.25, -0.2) is 9.79 Å². The third-order valence-electron chi connectivity index (χ3n) is 6.90.